The summed E-state index contributed by atoms with van der Waals surface area (Å²) >= 11 is 6.31. The molecule has 3 rings (SSSR count). The number of hydrogen-bond acceptors (Lipinski definition) is 4. The minimum atomic E-state index is 0.322. The fraction of sp³-hybridized carbons (Fsp3) is 0.692. The van der Waals surface area contributed by atoms with E-state index in [-0.39, 0.29) is 0 Å². The van der Waals surface area contributed by atoms with Gasteiger partial charge in [-0.25, -0.2) is 9.97 Å². The van der Waals surface area contributed by atoms with E-state index in [0.29, 0.717) is 23.3 Å². The molecule has 2 aliphatic heterocycles. The van der Waals surface area contributed by atoms with Gasteiger partial charge in [0.15, 0.2) is 0 Å². The maximum atomic E-state index is 6.31. The van der Waals surface area contributed by atoms with Crippen LogP contribution in [0.25, 0.3) is 0 Å². The van der Waals surface area contributed by atoms with Crippen molar-refractivity contribution in [3.8, 4) is 5.88 Å². The first-order valence-electron chi connectivity index (χ1n) is 6.48. The van der Waals surface area contributed by atoms with Gasteiger partial charge >= 0.3 is 0 Å². The lowest BCUT2D eigenvalue weighted by molar-refractivity contribution is 0.391. The highest BCUT2D eigenvalue weighted by molar-refractivity contribution is 6.20. The molecule has 0 aliphatic carbocycles. The third-order valence-electron chi connectivity index (χ3n) is 4.12. The van der Waals surface area contributed by atoms with Crippen LogP contribution in [0.1, 0.15) is 31.2 Å². The van der Waals surface area contributed by atoms with Gasteiger partial charge in [-0.2, -0.15) is 0 Å². The van der Waals surface area contributed by atoms with Gasteiger partial charge in [0.25, 0.3) is 0 Å². The number of ether oxygens (including phenoxy) is 1. The molecule has 0 saturated carbocycles. The Kier molecular flexibility index (Phi) is 3.06. The Hall–Kier alpha value is -1.03. The van der Waals surface area contributed by atoms with Crippen molar-refractivity contribution in [3.63, 3.8) is 0 Å². The molecule has 0 N–H and O–H groups in total. The summed E-state index contributed by atoms with van der Waals surface area (Å²) < 4.78 is 5.28. The van der Waals surface area contributed by atoms with Crippen molar-refractivity contribution in [3.05, 3.63) is 11.9 Å². The predicted molar refractivity (Wildman–Crippen MR) is 71.5 cm³/mol. The van der Waals surface area contributed by atoms with E-state index in [1.165, 1.54) is 12.8 Å². The highest BCUT2D eigenvalue weighted by atomic mass is 35.5. The van der Waals surface area contributed by atoms with Crippen molar-refractivity contribution < 1.29 is 4.74 Å². The van der Waals surface area contributed by atoms with Gasteiger partial charge < -0.3 is 9.64 Å². The van der Waals surface area contributed by atoms with E-state index >= 15 is 0 Å². The average molecular weight is 268 g/mol. The molecule has 98 valence electrons. The molecule has 18 heavy (non-hydrogen) atoms. The summed E-state index contributed by atoms with van der Waals surface area (Å²) in [7, 11) is 1.65. The number of methoxy groups -OCH3 is 1. The van der Waals surface area contributed by atoms with Crippen LogP contribution in [-0.4, -0.2) is 34.5 Å². The molecular weight excluding hydrogens is 250 g/mol. The van der Waals surface area contributed by atoms with Crippen molar-refractivity contribution in [1.29, 1.82) is 0 Å². The van der Waals surface area contributed by atoms with Crippen molar-refractivity contribution >= 4 is 17.4 Å². The number of halogens is 1. The molecule has 2 atom stereocenters. The largest absolute Gasteiger partial charge is 0.481 e. The van der Waals surface area contributed by atoms with Gasteiger partial charge in [-0.1, -0.05) is 0 Å². The van der Waals surface area contributed by atoms with Crippen LogP contribution in [0.3, 0.4) is 0 Å². The summed E-state index contributed by atoms with van der Waals surface area (Å²) in [5.41, 5.74) is 1.03. The Balaban J connectivity index is 1.96. The molecule has 0 amide bonds. The first-order valence-corrected chi connectivity index (χ1v) is 6.92. The van der Waals surface area contributed by atoms with Crippen molar-refractivity contribution in [2.75, 3.05) is 12.0 Å². The Morgan fingerprint density at radius 1 is 1.28 bits per heavy atom. The van der Waals surface area contributed by atoms with E-state index in [1.807, 2.05) is 6.92 Å². The SMILES string of the molecule is COc1ncnc(N2C3CCC2CC(Cl)C3)c1C. The lowest BCUT2D eigenvalue weighted by Gasteiger charge is -2.38. The van der Waals surface area contributed by atoms with E-state index in [1.54, 1.807) is 13.4 Å². The molecule has 2 fully saturated rings. The number of nitrogens with zero attached hydrogens (tertiary/aromatic N) is 3. The second-order valence-electron chi connectivity index (χ2n) is 5.19. The summed E-state index contributed by atoms with van der Waals surface area (Å²) in [6, 6.07) is 1.06. The number of rotatable bonds is 2. The Bertz CT molecular complexity index is 440. The van der Waals surface area contributed by atoms with Crippen LogP contribution in [0, 0.1) is 6.92 Å². The molecule has 1 aromatic rings. The number of anilines is 1. The quantitative estimate of drug-likeness (QED) is 0.772. The van der Waals surface area contributed by atoms with Crippen LogP contribution in [0.15, 0.2) is 6.33 Å². The number of fused-ring (bicyclic) bond motifs is 2. The van der Waals surface area contributed by atoms with Gasteiger partial charge in [-0.3, -0.25) is 0 Å². The predicted octanol–water partition coefficient (Wildman–Crippen LogP) is 2.53. The topological polar surface area (TPSA) is 38.3 Å². The standard InChI is InChI=1S/C13H18ClN3O/c1-8-12(15-7-16-13(8)18-2)17-10-3-4-11(17)6-9(14)5-10/h7,9-11H,3-6H2,1-2H3. The fourth-order valence-corrected chi connectivity index (χ4v) is 3.76. The van der Waals surface area contributed by atoms with Gasteiger partial charge in [0.2, 0.25) is 5.88 Å². The molecule has 1 aromatic heterocycles. The maximum absolute atomic E-state index is 6.31. The maximum Gasteiger partial charge on any atom is 0.221 e. The van der Waals surface area contributed by atoms with Crippen LogP contribution < -0.4 is 9.64 Å². The first-order chi connectivity index (χ1) is 8.70. The summed E-state index contributed by atoms with van der Waals surface area (Å²) in [5.74, 6) is 1.70. The molecule has 3 heterocycles. The molecule has 0 spiro atoms. The van der Waals surface area contributed by atoms with Gasteiger partial charge in [0.05, 0.1) is 12.7 Å². The normalized spacial score (nSPS) is 30.6. The van der Waals surface area contributed by atoms with Gasteiger partial charge in [-0.15, -0.1) is 11.6 Å². The monoisotopic (exact) mass is 267 g/mol. The lowest BCUT2D eigenvalue weighted by Crippen LogP contribution is -2.44. The van der Waals surface area contributed by atoms with Crippen molar-refractivity contribution in [2.45, 2.75) is 50.1 Å². The van der Waals surface area contributed by atoms with E-state index in [9.17, 15) is 0 Å². The van der Waals surface area contributed by atoms with Crippen molar-refractivity contribution in [2.24, 2.45) is 0 Å². The fourth-order valence-electron chi connectivity index (χ4n) is 3.35. The molecule has 0 aromatic carbocycles. The second kappa shape index (κ2) is 4.57. The summed E-state index contributed by atoms with van der Waals surface area (Å²) in [6.07, 6.45) is 6.15. The number of alkyl halides is 1. The third-order valence-corrected chi connectivity index (χ3v) is 4.48. The molecular formula is C13H18ClN3O. The van der Waals surface area contributed by atoms with E-state index in [2.05, 4.69) is 14.9 Å². The highest BCUT2D eigenvalue weighted by Crippen LogP contribution is 2.41. The molecule has 4 nitrogen and oxygen atoms in total. The average Bonchev–Trinajstić information content (AvgIpc) is 2.62. The van der Waals surface area contributed by atoms with E-state index in [0.717, 1.165) is 24.2 Å². The summed E-state index contributed by atoms with van der Waals surface area (Å²) in [5, 5.41) is 0.322. The molecule has 5 heteroatoms. The van der Waals surface area contributed by atoms with Gasteiger partial charge in [0, 0.05) is 17.5 Å². The van der Waals surface area contributed by atoms with Crippen LogP contribution in [-0.2, 0) is 0 Å². The Morgan fingerprint density at radius 3 is 2.56 bits per heavy atom. The molecule has 2 bridgehead atoms. The zero-order valence-electron chi connectivity index (χ0n) is 10.8. The zero-order chi connectivity index (χ0) is 12.7. The summed E-state index contributed by atoms with van der Waals surface area (Å²) in [6.45, 7) is 2.03. The molecule has 2 aliphatic rings. The van der Waals surface area contributed by atoms with Gasteiger partial charge in [0.1, 0.15) is 12.1 Å². The molecule has 2 unspecified atom stereocenters. The zero-order valence-corrected chi connectivity index (χ0v) is 11.5. The number of piperidine rings is 1. The Labute approximate surface area is 112 Å². The second-order valence-corrected chi connectivity index (χ2v) is 5.81. The summed E-state index contributed by atoms with van der Waals surface area (Å²) in [4.78, 5) is 11.1. The highest BCUT2D eigenvalue weighted by Gasteiger charge is 2.41. The molecule has 0 radical (unpaired) electrons. The third kappa shape index (κ3) is 1.83. The number of hydrogen-bond donors (Lipinski definition) is 0. The number of aromatic nitrogens is 2. The Morgan fingerprint density at radius 2 is 1.94 bits per heavy atom. The minimum absolute atomic E-state index is 0.322. The van der Waals surface area contributed by atoms with Gasteiger partial charge in [-0.05, 0) is 32.6 Å². The lowest BCUT2D eigenvalue weighted by atomic mass is 10.0. The van der Waals surface area contributed by atoms with E-state index < -0.39 is 0 Å². The van der Waals surface area contributed by atoms with Crippen LogP contribution in [0.5, 0.6) is 5.88 Å². The van der Waals surface area contributed by atoms with Crippen molar-refractivity contribution in [1.82, 2.24) is 9.97 Å². The minimum Gasteiger partial charge on any atom is -0.481 e. The molecule has 2 saturated heterocycles. The van der Waals surface area contributed by atoms with Crippen LogP contribution in [0.4, 0.5) is 5.82 Å². The smallest absolute Gasteiger partial charge is 0.221 e. The van der Waals surface area contributed by atoms with Crippen LogP contribution >= 0.6 is 11.6 Å². The van der Waals surface area contributed by atoms with Crippen LogP contribution in [0.2, 0.25) is 0 Å². The first kappa shape index (κ1) is 12.0. The van der Waals surface area contributed by atoms with E-state index in [4.69, 9.17) is 16.3 Å².